The second-order valence-electron chi connectivity index (χ2n) is 7.03. The number of benzene rings is 1. The molecule has 0 spiro atoms. The number of aromatic nitrogens is 4. The minimum atomic E-state index is -0.481. The number of hydrogen-bond donors (Lipinski definition) is 0. The zero-order chi connectivity index (χ0) is 21.4. The molecule has 1 amide bonds. The third kappa shape index (κ3) is 3.59. The third-order valence-corrected chi connectivity index (χ3v) is 6.23. The van der Waals surface area contributed by atoms with E-state index in [1.807, 2.05) is 12.1 Å². The number of thiazole rings is 1. The van der Waals surface area contributed by atoms with E-state index >= 15 is 0 Å². The summed E-state index contributed by atoms with van der Waals surface area (Å²) in [6, 6.07) is 8.33. The van der Waals surface area contributed by atoms with Gasteiger partial charge in [0.25, 0.3) is 11.6 Å². The van der Waals surface area contributed by atoms with Crippen LogP contribution in [0.1, 0.15) is 10.4 Å². The first-order valence-electron chi connectivity index (χ1n) is 9.63. The molecule has 1 aliphatic rings. The summed E-state index contributed by atoms with van der Waals surface area (Å²) in [6.07, 6.45) is 6.41. The fourth-order valence-corrected chi connectivity index (χ4v) is 4.56. The Morgan fingerprint density at radius 2 is 1.97 bits per heavy atom. The number of imidazole rings is 1. The van der Waals surface area contributed by atoms with Crippen molar-refractivity contribution in [3.05, 3.63) is 70.9 Å². The Labute approximate surface area is 180 Å². The van der Waals surface area contributed by atoms with Gasteiger partial charge >= 0.3 is 0 Å². The van der Waals surface area contributed by atoms with E-state index in [4.69, 9.17) is 0 Å². The SMILES string of the molecule is O=C(c1ccc(-n2ccnc2)c([N+](=O)[O-])c1)N1CCN(c2nc3cccnc3s2)CC1. The van der Waals surface area contributed by atoms with E-state index in [1.54, 1.807) is 40.2 Å². The minimum Gasteiger partial charge on any atom is -0.344 e. The lowest BCUT2D eigenvalue weighted by atomic mass is 10.1. The molecule has 0 N–H and O–H groups in total. The molecule has 31 heavy (non-hydrogen) atoms. The summed E-state index contributed by atoms with van der Waals surface area (Å²) in [4.78, 5) is 41.7. The highest BCUT2D eigenvalue weighted by atomic mass is 32.1. The van der Waals surface area contributed by atoms with Gasteiger partial charge in [0.15, 0.2) is 5.13 Å². The number of carbonyl (C=O) groups is 1. The lowest BCUT2D eigenvalue weighted by Gasteiger charge is -2.34. The summed E-state index contributed by atoms with van der Waals surface area (Å²) >= 11 is 1.53. The number of anilines is 1. The van der Waals surface area contributed by atoms with Gasteiger partial charge in [-0.25, -0.2) is 15.0 Å². The average molecular weight is 435 g/mol. The molecular formula is C20H17N7O3S. The van der Waals surface area contributed by atoms with E-state index in [-0.39, 0.29) is 11.6 Å². The van der Waals surface area contributed by atoms with Gasteiger partial charge in [0.05, 0.1) is 11.3 Å². The molecule has 10 nitrogen and oxygen atoms in total. The molecule has 1 aliphatic heterocycles. The van der Waals surface area contributed by atoms with Crippen LogP contribution < -0.4 is 4.90 Å². The predicted octanol–water partition coefficient (Wildman–Crippen LogP) is 2.75. The molecule has 0 unspecified atom stereocenters. The maximum Gasteiger partial charge on any atom is 0.294 e. The highest BCUT2D eigenvalue weighted by Crippen LogP contribution is 2.28. The van der Waals surface area contributed by atoms with Crippen LogP contribution in [0.25, 0.3) is 16.0 Å². The van der Waals surface area contributed by atoms with Gasteiger partial charge in [-0.2, -0.15) is 0 Å². The van der Waals surface area contributed by atoms with E-state index in [0.29, 0.717) is 37.4 Å². The molecule has 1 fully saturated rings. The number of nitro groups is 1. The predicted molar refractivity (Wildman–Crippen MR) is 116 cm³/mol. The molecule has 1 aromatic carbocycles. The zero-order valence-corrected chi connectivity index (χ0v) is 17.1. The molecule has 1 saturated heterocycles. The monoisotopic (exact) mass is 435 g/mol. The molecule has 5 rings (SSSR count). The molecule has 0 radical (unpaired) electrons. The summed E-state index contributed by atoms with van der Waals surface area (Å²) < 4.78 is 1.55. The van der Waals surface area contributed by atoms with Crippen molar-refractivity contribution in [2.24, 2.45) is 0 Å². The number of piperazine rings is 1. The average Bonchev–Trinajstić information content (AvgIpc) is 3.48. The van der Waals surface area contributed by atoms with Crippen LogP contribution in [0.2, 0.25) is 0 Å². The lowest BCUT2D eigenvalue weighted by Crippen LogP contribution is -2.48. The fraction of sp³-hybridized carbons (Fsp3) is 0.200. The van der Waals surface area contributed by atoms with Crippen LogP contribution in [0.15, 0.2) is 55.2 Å². The van der Waals surface area contributed by atoms with Gasteiger partial charge in [0, 0.05) is 56.4 Å². The molecule has 156 valence electrons. The maximum absolute atomic E-state index is 13.0. The van der Waals surface area contributed by atoms with Gasteiger partial charge in [0.2, 0.25) is 0 Å². The standard InChI is InChI=1S/C20H17N7O3S/c28-19(14-3-4-16(17(12-14)27(29)30)26-7-6-21-13-26)24-8-10-25(11-9-24)20-23-15-2-1-5-22-18(15)31-20/h1-7,12-13H,8-11H2. The normalized spacial score (nSPS) is 14.2. The fourth-order valence-electron chi connectivity index (χ4n) is 3.60. The van der Waals surface area contributed by atoms with Gasteiger partial charge in [0.1, 0.15) is 16.0 Å². The van der Waals surface area contributed by atoms with Crippen LogP contribution in [0.4, 0.5) is 10.8 Å². The summed E-state index contributed by atoms with van der Waals surface area (Å²) in [7, 11) is 0. The number of nitrogens with zero attached hydrogens (tertiary/aromatic N) is 7. The Hall–Kier alpha value is -3.86. The van der Waals surface area contributed by atoms with Gasteiger partial charge < -0.3 is 14.4 Å². The molecule has 4 heterocycles. The van der Waals surface area contributed by atoms with Crippen LogP contribution in [0.5, 0.6) is 0 Å². The third-order valence-electron chi connectivity index (χ3n) is 5.19. The van der Waals surface area contributed by atoms with E-state index in [1.165, 1.54) is 23.7 Å². The minimum absolute atomic E-state index is 0.135. The van der Waals surface area contributed by atoms with Crippen LogP contribution in [0.3, 0.4) is 0 Å². The Bertz CT molecular complexity index is 1230. The molecule has 11 heteroatoms. The maximum atomic E-state index is 13.0. The van der Waals surface area contributed by atoms with Crippen LogP contribution in [0, 0.1) is 10.1 Å². The van der Waals surface area contributed by atoms with Crippen LogP contribution in [-0.4, -0.2) is 61.4 Å². The molecule has 0 atom stereocenters. The van der Waals surface area contributed by atoms with E-state index in [9.17, 15) is 14.9 Å². The van der Waals surface area contributed by atoms with E-state index < -0.39 is 4.92 Å². The van der Waals surface area contributed by atoms with Gasteiger partial charge in [-0.05, 0) is 24.3 Å². The molecule has 3 aromatic heterocycles. The number of carbonyl (C=O) groups excluding carboxylic acids is 1. The van der Waals surface area contributed by atoms with Crippen molar-refractivity contribution in [3.8, 4) is 5.69 Å². The Morgan fingerprint density at radius 1 is 1.13 bits per heavy atom. The van der Waals surface area contributed by atoms with Crippen LogP contribution >= 0.6 is 11.3 Å². The molecule has 0 bridgehead atoms. The summed E-state index contributed by atoms with van der Waals surface area (Å²) in [5, 5.41) is 12.5. The van der Waals surface area contributed by atoms with Crippen molar-refractivity contribution in [1.82, 2.24) is 24.4 Å². The zero-order valence-electron chi connectivity index (χ0n) is 16.3. The highest BCUT2D eigenvalue weighted by molar-refractivity contribution is 7.21. The summed E-state index contributed by atoms with van der Waals surface area (Å²) in [5.41, 5.74) is 1.40. The first-order chi connectivity index (χ1) is 15.1. The Morgan fingerprint density at radius 3 is 2.68 bits per heavy atom. The lowest BCUT2D eigenvalue weighted by molar-refractivity contribution is -0.384. The van der Waals surface area contributed by atoms with Crippen molar-refractivity contribution in [1.29, 1.82) is 0 Å². The molecule has 0 aliphatic carbocycles. The second kappa shape index (κ2) is 7.76. The summed E-state index contributed by atoms with van der Waals surface area (Å²) in [6.45, 7) is 2.31. The van der Waals surface area contributed by atoms with Crippen LogP contribution in [-0.2, 0) is 0 Å². The number of pyridine rings is 1. The van der Waals surface area contributed by atoms with Crippen molar-refractivity contribution >= 4 is 38.4 Å². The topological polar surface area (TPSA) is 110 Å². The van der Waals surface area contributed by atoms with Crippen molar-refractivity contribution in [2.75, 3.05) is 31.1 Å². The van der Waals surface area contributed by atoms with Crippen molar-refractivity contribution < 1.29 is 9.72 Å². The first-order valence-corrected chi connectivity index (χ1v) is 10.4. The number of fused-ring (bicyclic) bond motifs is 1. The largest absolute Gasteiger partial charge is 0.344 e. The summed E-state index contributed by atoms with van der Waals surface area (Å²) in [5.74, 6) is -0.217. The number of rotatable bonds is 4. The quantitative estimate of drug-likeness (QED) is 0.358. The van der Waals surface area contributed by atoms with Gasteiger partial charge in [-0.1, -0.05) is 11.3 Å². The number of hydrogen-bond acceptors (Lipinski definition) is 8. The first kappa shape index (κ1) is 19.1. The van der Waals surface area contributed by atoms with Crippen molar-refractivity contribution in [2.45, 2.75) is 0 Å². The number of amides is 1. The molecule has 4 aromatic rings. The number of nitro benzene ring substituents is 1. The highest BCUT2D eigenvalue weighted by Gasteiger charge is 2.26. The Balaban J connectivity index is 1.32. The van der Waals surface area contributed by atoms with Crippen molar-refractivity contribution in [3.63, 3.8) is 0 Å². The van der Waals surface area contributed by atoms with Gasteiger partial charge in [-0.3, -0.25) is 14.9 Å². The van der Waals surface area contributed by atoms with E-state index in [2.05, 4.69) is 19.9 Å². The molecule has 0 saturated carbocycles. The van der Waals surface area contributed by atoms with Gasteiger partial charge in [-0.15, -0.1) is 0 Å². The second-order valence-corrected chi connectivity index (χ2v) is 7.99. The Kier molecular flexibility index (Phi) is 4.79. The smallest absolute Gasteiger partial charge is 0.294 e. The van der Waals surface area contributed by atoms with E-state index in [0.717, 1.165) is 15.5 Å². The molecular weight excluding hydrogens is 418 g/mol.